The lowest BCUT2D eigenvalue weighted by Crippen LogP contribution is -2.30. The van der Waals surface area contributed by atoms with Crippen molar-refractivity contribution in [2.75, 3.05) is 23.3 Å². The maximum atomic E-state index is 11.9. The van der Waals surface area contributed by atoms with Crippen molar-refractivity contribution in [1.29, 1.82) is 0 Å². The fraction of sp³-hybridized carbons (Fsp3) is 0.500. The highest BCUT2D eigenvalue weighted by Gasteiger charge is 2.21. The molecule has 1 saturated heterocycles. The van der Waals surface area contributed by atoms with Gasteiger partial charge in [0, 0.05) is 36.8 Å². The van der Waals surface area contributed by atoms with Gasteiger partial charge in [-0.2, -0.15) is 0 Å². The average Bonchev–Trinajstić information content (AvgIpc) is 2.86. The Labute approximate surface area is 125 Å². The summed E-state index contributed by atoms with van der Waals surface area (Å²) in [5.41, 5.74) is 1.66. The molecular formula is C16H23N3O2. The topological polar surface area (TPSA) is 61.4 Å². The van der Waals surface area contributed by atoms with Crippen molar-refractivity contribution in [1.82, 2.24) is 5.32 Å². The normalized spacial score (nSPS) is 16.1. The fourth-order valence-corrected chi connectivity index (χ4v) is 2.56. The van der Waals surface area contributed by atoms with Crippen molar-refractivity contribution in [3.8, 4) is 0 Å². The van der Waals surface area contributed by atoms with Crippen LogP contribution in [0.3, 0.4) is 0 Å². The molecule has 0 bridgehead atoms. The van der Waals surface area contributed by atoms with Crippen LogP contribution in [0.5, 0.6) is 0 Å². The molecule has 5 heteroatoms. The Morgan fingerprint density at radius 3 is 2.62 bits per heavy atom. The van der Waals surface area contributed by atoms with Crippen molar-refractivity contribution in [3.63, 3.8) is 0 Å². The summed E-state index contributed by atoms with van der Waals surface area (Å²) in [6.45, 7) is 5.65. The van der Waals surface area contributed by atoms with E-state index in [1.54, 1.807) is 4.90 Å². The molecule has 1 aliphatic rings. The molecule has 1 fully saturated rings. The average molecular weight is 289 g/mol. The van der Waals surface area contributed by atoms with Gasteiger partial charge in [0.15, 0.2) is 0 Å². The molecule has 0 aliphatic carbocycles. The van der Waals surface area contributed by atoms with E-state index in [1.807, 2.05) is 38.1 Å². The Balaban J connectivity index is 1.90. The summed E-state index contributed by atoms with van der Waals surface area (Å²) in [4.78, 5) is 25.3. The highest BCUT2D eigenvalue weighted by atomic mass is 16.2. The third kappa shape index (κ3) is 4.29. The molecule has 1 heterocycles. The summed E-state index contributed by atoms with van der Waals surface area (Å²) in [7, 11) is 0. The number of hydrogen-bond donors (Lipinski definition) is 2. The second-order valence-electron chi connectivity index (χ2n) is 5.41. The van der Waals surface area contributed by atoms with E-state index in [0.717, 1.165) is 30.9 Å². The van der Waals surface area contributed by atoms with Gasteiger partial charge in [0.05, 0.1) is 0 Å². The summed E-state index contributed by atoms with van der Waals surface area (Å²) < 4.78 is 0. The van der Waals surface area contributed by atoms with Crippen LogP contribution in [-0.4, -0.2) is 30.9 Å². The van der Waals surface area contributed by atoms with Gasteiger partial charge in [-0.15, -0.1) is 0 Å². The van der Waals surface area contributed by atoms with E-state index in [4.69, 9.17) is 0 Å². The van der Waals surface area contributed by atoms with Crippen LogP contribution >= 0.6 is 0 Å². The van der Waals surface area contributed by atoms with Gasteiger partial charge >= 0.3 is 0 Å². The zero-order valence-electron chi connectivity index (χ0n) is 12.7. The first kappa shape index (κ1) is 15.5. The maximum Gasteiger partial charge on any atom is 0.227 e. The minimum Gasteiger partial charge on any atom is -0.326 e. The summed E-state index contributed by atoms with van der Waals surface area (Å²) in [5.74, 6) is 0.166. The fourth-order valence-electron chi connectivity index (χ4n) is 2.56. The number of carbonyl (C=O) groups excluding carboxylic acids is 2. The zero-order valence-corrected chi connectivity index (χ0v) is 12.7. The van der Waals surface area contributed by atoms with Gasteiger partial charge in [0.25, 0.3) is 0 Å². The monoisotopic (exact) mass is 289 g/mol. The molecule has 114 valence electrons. The van der Waals surface area contributed by atoms with Crippen LogP contribution in [0.2, 0.25) is 0 Å². The first-order valence-corrected chi connectivity index (χ1v) is 7.54. The van der Waals surface area contributed by atoms with Crippen LogP contribution < -0.4 is 15.5 Å². The van der Waals surface area contributed by atoms with Crippen LogP contribution in [0.4, 0.5) is 11.4 Å². The number of carbonyl (C=O) groups is 2. The minimum absolute atomic E-state index is 0.00607. The summed E-state index contributed by atoms with van der Waals surface area (Å²) in [5, 5.41) is 6.09. The molecule has 2 rings (SSSR count). The summed E-state index contributed by atoms with van der Waals surface area (Å²) in [6, 6.07) is 7.61. The number of nitrogens with zero attached hydrogens (tertiary/aromatic N) is 1. The third-order valence-corrected chi connectivity index (χ3v) is 3.58. The number of rotatable bonds is 6. The summed E-state index contributed by atoms with van der Waals surface area (Å²) >= 11 is 0. The summed E-state index contributed by atoms with van der Waals surface area (Å²) in [6.07, 6.45) is 1.99. The quantitative estimate of drug-likeness (QED) is 0.843. The Hall–Kier alpha value is -1.88. The lowest BCUT2D eigenvalue weighted by molar-refractivity contribution is -0.117. The van der Waals surface area contributed by atoms with Crippen molar-refractivity contribution >= 4 is 23.2 Å². The molecule has 0 radical (unpaired) electrons. The third-order valence-electron chi connectivity index (χ3n) is 3.58. The van der Waals surface area contributed by atoms with Crippen LogP contribution in [0.1, 0.15) is 33.1 Å². The molecule has 0 spiro atoms. The second kappa shape index (κ2) is 7.22. The molecular weight excluding hydrogens is 266 g/mol. The molecule has 0 aromatic heterocycles. The number of hydrogen-bond acceptors (Lipinski definition) is 3. The molecule has 1 unspecified atom stereocenters. The Morgan fingerprint density at radius 2 is 2.05 bits per heavy atom. The van der Waals surface area contributed by atoms with Crippen molar-refractivity contribution in [2.45, 2.75) is 39.2 Å². The largest absolute Gasteiger partial charge is 0.326 e. The molecule has 1 aromatic carbocycles. The van der Waals surface area contributed by atoms with E-state index in [1.165, 1.54) is 0 Å². The standard InChI is InChI=1S/C16H23N3O2/c1-3-17-12(2)11-15(20)18-13-6-8-14(9-7-13)19-10-4-5-16(19)21/h6-9,12,17H,3-5,10-11H2,1-2H3,(H,18,20). The first-order chi connectivity index (χ1) is 10.1. The molecule has 21 heavy (non-hydrogen) atoms. The number of nitrogens with one attached hydrogen (secondary N) is 2. The van der Waals surface area contributed by atoms with Crippen molar-refractivity contribution in [3.05, 3.63) is 24.3 Å². The SMILES string of the molecule is CCNC(C)CC(=O)Nc1ccc(N2CCCC2=O)cc1. The highest BCUT2D eigenvalue weighted by molar-refractivity contribution is 5.96. The Bertz CT molecular complexity index is 499. The van der Waals surface area contributed by atoms with Crippen molar-refractivity contribution < 1.29 is 9.59 Å². The maximum absolute atomic E-state index is 11.9. The van der Waals surface area contributed by atoms with E-state index in [9.17, 15) is 9.59 Å². The van der Waals surface area contributed by atoms with Crippen LogP contribution in [0.15, 0.2) is 24.3 Å². The van der Waals surface area contributed by atoms with E-state index in [0.29, 0.717) is 12.8 Å². The van der Waals surface area contributed by atoms with Gasteiger partial charge < -0.3 is 15.5 Å². The van der Waals surface area contributed by atoms with E-state index < -0.39 is 0 Å². The van der Waals surface area contributed by atoms with Crippen LogP contribution in [0, 0.1) is 0 Å². The Kier molecular flexibility index (Phi) is 5.33. The predicted octanol–water partition coefficient (Wildman–Crippen LogP) is 2.14. The highest BCUT2D eigenvalue weighted by Crippen LogP contribution is 2.23. The van der Waals surface area contributed by atoms with Gasteiger partial charge in [0.1, 0.15) is 0 Å². The number of anilines is 2. The molecule has 1 aliphatic heterocycles. The van der Waals surface area contributed by atoms with E-state index in [2.05, 4.69) is 10.6 Å². The second-order valence-corrected chi connectivity index (χ2v) is 5.41. The minimum atomic E-state index is -0.00607. The lowest BCUT2D eigenvalue weighted by Gasteiger charge is -2.16. The van der Waals surface area contributed by atoms with Gasteiger partial charge in [-0.3, -0.25) is 9.59 Å². The van der Waals surface area contributed by atoms with Crippen molar-refractivity contribution in [2.24, 2.45) is 0 Å². The molecule has 0 saturated carbocycles. The molecule has 5 nitrogen and oxygen atoms in total. The molecule has 1 aromatic rings. The smallest absolute Gasteiger partial charge is 0.227 e. The van der Waals surface area contributed by atoms with Gasteiger partial charge in [0.2, 0.25) is 11.8 Å². The first-order valence-electron chi connectivity index (χ1n) is 7.54. The lowest BCUT2D eigenvalue weighted by atomic mass is 10.2. The number of benzene rings is 1. The Morgan fingerprint density at radius 1 is 1.33 bits per heavy atom. The van der Waals surface area contributed by atoms with Gasteiger partial charge in [-0.25, -0.2) is 0 Å². The van der Waals surface area contributed by atoms with Gasteiger partial charge in [-0.1, -0.05) is 6.92 Å². The van der Waals surface area contributed by atoms with Gasteiger partial charge in [-0.05, 0) is 44.2 Å². The van der Waals surface area contributed by atoms with E-state index >= 15 is 0 Å². The van der Waals surface area contributed by atoms with Crippen LogP contribution in [-0.2, 0) is 9.59 Å². The zero-order chi connectivity index (χ0) is 15.2. The molecule has 2 amide bonds. The number of amides is 2. The molecule has 2 N–H and O–H groups in total. The molecule has 1 atom stereocenters. The van der Waals surface area contributed by atoms with Crippen LogP contribution in [0.25, 0.3) is 0 Å². The predicted molar refractivity (Wildman–Crippen MR) is 84.4 cm³/mol. The van der Waals surface area contributed by atoms with E-state index in [-0.39, 0.29) is 17.9 Å².